The van der Waals surface area contributed by atoms with Crippen molar-refractivity contribution in [1.29, 1.82) is 0 Å². The van der Waals surface area contributed by atoms with E-state index in [1.165, 1.54) is 4.31 Å². The Kier molecular flexibility index (Phi) is 12.7. The zero-order valence-electron chi connectivity index (χ0n) is 24.4. The molecular weight excluding hydrogens is 593 g/mol. The number of unbranched alkanes of at least 4 members (excludes halogenated alkanes) is 1. The molecule has 0 heterocycles. The molecule has 1 N–H and O–H groups in total. The number of sulfonamides is 1. The molecule has 3 rings (SSSR count). The second kappa shape index (κ2) is 16.0. The largest absolute Gasteiger partial charge is 0.354 e. The van der Waals surface area contributed by atoms with Crippen molar-refractivity contribution in [1.82, 2.24) is 10.2 Å². The van der Waals surface area contributed by atoms with Crippen LogP contribution in [0.3, 0.4) is 0 Å². The highest BCUT2D eigenvalue weighted by atomic mass is 35.5. The molecule has 0 radical (unpaired) electrons. The van der Waals surface area contributed by atoms with E-state index in [9.17, 15) is 18.0 Å². The molecule has 3 aromatic carbocycles. The Balaban J connectivity index is 1.88. The van der Waals surface area contributed by atoms with Crippen LogP contribution in [-0.2, 0) is 32.6 Å². The highest BCUT2D eigenvalue weighted by Crippen LogP contribution is 2.28. The average Bonchev–Trinajstić information content (AvgIpc) is 2.95. The second-order valence-electron chi connectivity index (χ2n) is 10.3. The lowest BCUT2D eigenvalue weighted by atomic mass is 10.0. The summed E-state index contributed by atoms with van der Waals surface area (Å²) >= 11 is 12.4. The van der Waals surface area contributed by atoms with Gasteiger partial charge in [0.1, 0.15) is 6.04 Å². The zero-order valence-corrected chi connectivity index (χ0v) is 26.7. The van der Waals surface area contributed by atoms with Gasteiger partial charge >= 0.3 is 0 Å². The predicted molar refractivity (Wildman–Crippen MR) is 171 cm³/mol. The monoisotopic (exact) mass is 631 g/mol. The molecule has 3 aromatic rings. The van der Waals surface area contributed by atoms with Crippen LogP contribution in [0.1, 0.15) is 49.3 Å². The van der Waals surface area contributed by atoms with E-state index in [-0.39, 0.29) is 37.7 Å². The minimum atomic E-state index is -3.64. The van der Waals surface area contributed by atoms with E-state index in [4.69, 9.17) is 23.2 Å². The summed E-state index contributed by atoms with van der Waals surface area (Å²) in [6.07, 6.45) is 3.55. The number of nitrogens with one attached hydrogen (secondary N) is 1. The van der Waals surface area contributed by atoms with Gasteiger partial charge in [-0.2, -0.15) is 0 Å². The maximum Gasteiger partial charge on any atom is 0.243 e. The van der Waals surface area contributed by atoms with Crippen molar-refractivity contribution in [2.45, 2.75) is 58.5 Å². The Bertz CT molecular complexity index is 1430. The van der Waals surface area contributed by atoms with Crippen molar-refractivity contribution in [2.75, 3.05) is 23.7 Å². The maximum absolute atomic E-state index is 13.9. The van der Waals surface area contributed by atoms with Crippen LogP contribution >= 0.6 is 23.2 Å². The van der Waals surface area contributed by atoms with Gasteiger partial charge in [-0.05, 0) is 60.7 Å². The minimum Gasteiger partial charge on any atom is -0.354 e. The fourth-order valence-corrected chi connectivity index (χ4v) is 6.01. The fourth-order valence-electron chi connectivity index (χ4n) is 4.70. The summed E-state index contributed by atoms with van der Waals surface area (Å²) < 4.78 is 26.7. The highest BCUT2D eigenvalue weighted by Gasteiger charge is 2.30. The molecular formula is C32H39Cl2N3O4S. The van der Waals surface area contributed by atoms with Crippen LogP contribution in [0.5, 0.6) is 0 Å². The van der Waals surface area contributed by atoms with Gasteiger partial charge in [0.15, 0.2) is 0 Å². The van der Waals surface area contributed by atoms with E-state index in [1.54, 1.807) is 42.2 Å². The molecule has 0 aliphatic rings. The Hall–Kier alpha value is -3.07. The lowest BCUT2D eigenvalue weighted by Gasteiger charge is -2.32. The fraction of sp³-hybridized carbons (Fsp3) is 0.375. The van der Waals surface area contributed by atoms with Crippen molar-refractivity contribution in [3.05, 3.63) is 99.5 Å². The first-order valence-corrected chi connectivity index (χ1v) is 16.7. The SMILES string of the molecule is CCCCNC(=O)C(Cc1ccccc1)N(Cc1ccc(Cl)cc1)C(=O)CCCN(c1cccc(Cl)c1C)S(C)(=O)=O. The number of amides is 2. The number of anilines is 1. The van der Waals surface area contributed by atoms with Crippen molar-refractivity contribution >= 4 is 50.7 Å². The third-order valence-electron chi connectivity index (χ3n) is 7.03. The van der Waals surface area contributed by atoms with Crippen LogP contribution in [0.2, 0.25) is 10.0 Å². The molecule has 1 unspecified atom stereocenters. The number of nitrogens with zero attached hydrogens (tertiary/aromatic N) is 2. The molecule has 0 saturated carbocycles. The van der Waals surface area contributed by atoms with Gasteiger partial charge in [0.2, 0.25) is 21.8 Å². The number of carbonyl (C=O) groups is 2. The summed E-state index contributed by atoms with van der Waals surface area (Å²) in [5.74, 6) is -0.463. The number of carbonyl (C=O) groups excluding carboxylic acids is 2. The zero-order chi connectivity index (χ0) is 30.7. The number of halogens is 2. The summed E-state index contributed by atoms with van der Waals surface area (Å²) in [6, 6.07) is 21.1. The first-order valence-electron chi connectivity index (χ1n) is 14.1. The molecule has 0 aromatic heterocycles. The van der Waals surface area contributed by atoms with E-state index in [0.717, 1.165) is 30.2 Å². The van der Waals surface area contributed by atoms with Crippen LogP contribution < -0.4 is 9.62 Å². The molecule has 0 fully saturated rings. The van der Waals surface area contributed by atoms with Crippen LogP contribution in [0.25, 0.3) is 0 Å². The van der Waals surface area contributed by atoms with Crippen LogP contribution in [0.4, 0.5) is 5.69 Å². The summed E-state index contributed by atoms with van der Waals surface area (Å²) in [5.41, 5.74) is 2.89. The number of benzene rings is 3. The Morgan fingerprint density at radius 3 is 2.24 bits per heavy atom. The first-order chi connectivity index (χ1) is 20.0. The van der Waals surface area contributed by atoms with Crippen molar-refractivity contribution in [2.24, 2.45) is 0 Å². The maximum atomic E-state index is 13.9. The Morgan fingerprint density at radius 2 is 1.60 bits per heavy atom. The Morgan fingerprint density at radius 1 is 0.905 bits per heavy atom. The van der Waals surface area contributed by atoms with Gasteiger partial charge < -0.3 is 10.2 Å². The van der Waals surface area contributed by atoms with Crippen molar-refractivity contribution in [3.8, 4) is 0 Å². The molecule has 0 aliphatic carbocycles. The quantitative estimate of drug-likeness (QED) is 0.197. The molecule has 0 saturated heterocycles. The van der Waals surface area contributed by atoms with Crippen LogP contribution in [-0.4, -0.2) is 50.5 Å². The molecule has 1 atom stereocenters. The number of rotatable bonds is 15. The van der Waals surface area contributed by atoms with Crippen LogP contribution in [0, 0.1) is 6.92 Å². The number of hydrogen-bond acceptors (Lipinski definition) is 4. The van der Waals surface area contributed by atoms with Gasteiger partial charge in [-0.3, -0.25) is 13.9 Å². The van der Waals surface area contributed by atoms with Crippen molar-refractivity contribution in [3.63, 3.8) is 0 Å². The standard InChI is InChI=1S/C32H39Cl2N3O4S/c1-4-5-20-35-32(39)30(22-25-11-7-6-8-12-25)36(23-26-16-18-27(33)19-17-26)31(38)15-10-21-37(42(3,40)41)29-14-9-13-28(34)24(29)2/h6-9,11-14,16-19,30H,4-5,10,15,20-23H2,1-3H3,(H,35,39). The summed E-state index contributed by atoms with van der Waals surface area (Å²) in [4.78, 5) is 29.1. The third-order valence-corrected chi connectivity index (χ3v) is 8.87. The molecule has 226 valence electrons. The second-order valence-corrected chi connectivity index (χ2v) is 13.1. The average molecular weight is 633 g/mol. The van der Waals surface area contributed by atoms with Crippen LogP contribution in [0.15, 0.2) is 72.8 Å². The number of hydrogen-bond donors (Lipinski definition) is 1. The molecule has 0 bridgehead atoms. The molecule has 10 heteroatoms. The molecule has 7 nitrogen and oxygen atoms in total. The summed E-state index contributed by atoms with van der Waals surface area (Å²) in [7, 11) is -3.64. The van der Waals surface area contributed by atoms with E-state index in [1.807, 2.05) is 42.5 Å². The lowest BCUT2D eigenvalue weighted by molar-refractivity contribution is -0.141. The third kappa shape index (κ3) is 9.75. The summed E-state index contributed by atoms with van der Waals surface area (Å²) in [6.45, 7) is 4.63. The molecule has 0 aliphatic heterocycles. The van der Waals surface area contributed by atoms with Gasteiger partial charge in [-0.1, -0.05) is 85.1 Å². The smallest absolute Gasteiger partial charge is 0.243 e. The normalized spacial score (nSPS) is 12.0. The lowest BCUT2D eigenvalue weighted by Crippen LogP contribution is -2.50. The van der Waals surface area contributed by atoms with E-state index < -0.39 is 16.1 Å². The Labute approximate surface area is 259 Å². The topological polar surface area (TPSA) is 86.8 Å². The van der Waals surface area contributed by atoms with E-state index >= 15 is 0 Å². The summed E-state index contributed by atoms with van der Waals surface area (Å²) in [5, 5.41) is 4.05. The molecule has 2 amide bonds. The first kappa shape index (κ1) is 33.4. The van der Waals surface area contributed by atoms with E-state index in [0.29, 0.717) is 34.3 Å². The van der Waals surface area contributed by atoms with Gasteiger partial charge in [0.05, 0.1) is 11.9 Å². The molecule has 0 spiro atoms. The highest BCUT2D eigenvalue weighted by molar-refractivity contribution is 7.92. The van der Waals surface area contributed by atoms with Crippen molar-refractivity contribution < 1.29 is 18.0 Å². The van der Waals surface area contributed by atoms with Gasteiger partial charge in [-0.25, -0.2) is 8.42 Å². The predicted octanol–water partition coefficient (Wildman–Crippen LogP) is 6.40. The van der Waals surface area contributed by atoms with Gasteiger partial charge in [-0.15, -0.1) is 0 Å². The minimum absolute atomic E-state index is 0.0484. The molecule has 42 heavy (non-hydrogen) atoms. The van der Waals surface area contributed by atoms with Gasteiger partial charge in [0, 0.05) is 42.5 Å². The van der Waals surface area contributed by atoms with E-state index in [2.05, 4.69) is 12.2 Å². The van der Waals surface area contributed by atoms with Gasteiger partial charge in [0.25, 0.3) is 0 Å².